The zero-order valence-electron chi connectivity index (χ0n) is 6.86. The van der Waals surface area contributed by atoms with Crippen LogP contribution in [-0.2, 0) is 6.42 Å². The second-order valence-corrected chi connectivity index (χ2v) is 2.59. The van der Waals surface area contributed by atoms with E-state index in [2.05, 4.69) is 4.98 Å². The lowest BCUT2D eigenvalue weighted by molar-refractivity contribution is 0.112. The number of aromatic nitrogens is 1. The monoisotopic (exact) mass is 164 g/mol. The van der Waals surface area contributed by atoms with Crippen LogP contribution in [0.3, 0.4) is 0 Å². The molecule has 0 aliphatic heterocycles. The molecule has 0 unspecified atom stereocenters. The van der Waals surface area contributed by atoms with Gasteiger partial charge in [0.15, 0.2) is 0 Å². The van der Waals surface area contributed by atoms with Gasteiger partial charge >= 0.3 is 0 Å². The highest BCUT2D eigenvalue weighted by Gasteiger charge is 1.95. The zero-order chi connectivity index (χ0) is 8.81. The van der Waals surface area contributed by atoms with Crippen LogP contribution in [0.1, 0.15) is 22.5 Å². The molecular weight excluding hydrogens is 152 g/mol. The van der Waals surface area contributed by atoms with Crippen molar-refractivity contribution < 1.29 is 4.79 Å². The molecular formula is C9H12N2O. The Balaban J connectivity index is 2.66. The molecule has 0 saturated heterocycles. The van der Waals surface area contributed by atoms with E-state index in [-0.39, 0.29) is 0 Å². The third-order valence-electron chi connectivity index (χ3n) is 1.61. The molecule has 0 bridgehead atoms. The molecule has 12 heavy (non-hydrogen) atoms. The van der Waals surface area contributed by atoms with Gasteiger partial charge in [-0.3, -0.25) is 9.78 Å². The Morgan fingerprint density at radius 2 is 2.42 bits per heavy atom. The largest absolute Gasteiger partial charge is 0.330 e. The summed E-state index contributed by atoms with van der Waals surface area (Å²) in [5.41, 5.74) is 6.96. The maximum Gasteiger partial charge on any atom is 0.150 e. The van der Waals surface area contributed by atoms with Crippen LogP contribution in [0.15, 0.2) is 18.3 Å². The fourth-order valence-corrected chi connectivity index (χ4v) is 0.990. The van der Waals surface area contributed by atoms with E-state index in [1.54, 1.807) is 18.3 Å². The van der Waals surface area contributed by atoms with E-state index in [1.807, 2.05) is 0 Å². The lowest BCUT2D eigenvalue weighted by Gasteiger charge is -1.98. The van der Waals surface area contributed by atoms with Gasteiger partial charge in [-0.25, -0.2) is 0 Å². The van der Waals surface area contributed by atoms with Gasteiger partial charge in [0.25, 0.3) is 0 Å². The van der Waals surface area contributed by atoms with Crippen LogP contribution < -0.4 is 5.73 Å². The summed E-state index contributed by atoms with van der Waals surface area (Å²) in [5, 5.41) is 0. The molecule has 64 valence electrons. The van der Waals surface area contributed by atoms with Crippen LogP contribution in [0.2, 0.25) is 0 Å². The Morgan fingerprint density at radius 1 is 1.58 bits per heavy atom. The van der Waals surface area contributed by atoms with Crippen LogP contribution in [0, 0.1) is 0 Å². The first-order chi connectivity index (χ1) is 5.86. The highest BCUT2D eigenvalue weighted by atomic mass is 16.1. The van der Waals surface area contributed by atoms with Gasteiger partial charge < -0.3 is 5.73 Å². The summed E-state index contributed by atoms with van der Waals surface area (Å²) in [6, 6.07) is 3.49. The van der Waals surface area contributed by atoms with Crippen molar-refractivity contribution in [3.63, 3.8) is 0 Å². The van der Waals surface area contributed by atoms with Crippen molar-refractivity contribution in [3.05, 3.63) is 29.6 Å². The lowest BCUT2D eigenvalue weighted by Crippen LogP contribution is -2.01. The standard InChI is InChI=1S/C9H12N2O/c10-4-1-2-9-6-8(7-12)3-5-11-9/h3,5-7H,1-2,4,10H2. The Kier molecular flexibility index (Phi) is 3.41. The lowest BCUT2D eigenvalue weighted by atomic mass is 10.2. The molecule has 0 aliphatic rings. The topological polar surface area (TPSA) is 56.0 Å². The number of nitrogens with two attached hydrogens (primary N) is 1. The Hall–Kier alpha value is -1.22. The SMILES string of the molecule is NCCCc1cc(C=O)ccn1. The fourth-order valence-electron chi connectivity index (χ4n) is 0.990. The fraction of sp³-hybridized carbons (Fsp3) is 0.333. The number of carbonyl (C=O) groups is 1. The molecule has 1 aromatic heterocycles. The Morgan fingerprint density at radius 3 is 3.08 bits per heavy atom. The Labute approximate surface area is 71.6 Å². The van der Waals surface area contributed by atoms with Crippen molar-refractivity contribution in [2.24, 2.45) is 5.73 Å². The first kappa shape index (κ1) is 8.87. The third-order valence-corrected chi connectivity index (χ3v) is 1.61. The molecule has 1 heterocycles. The second-order valence-electron chi connectivity index (χ2n) is 2.59. The van der Waals surface area contributed by atoms with Gasteiger partial charge in [0.2, 0.25) is 0 Å². The van der Waals surface area contributed by atoms with E-state index in [1.165, 1.54) is 0 Å². The quantitative estimate of drug-likeness (QED) is 0.669. The van der Waals surface area contributed by atoms with Gasteiger partial charge in [-0.15, -0.1) is 0 Å². The van der Waals surface area contributed by atoms with Crippen molar-refractivity contribution in [2.75, 3.05) is 6.54 Å². The first-order valence-electron chi connectivity index (χ1n) is 3.97. The number of hydrogen-bond donors (Lipinski definition) is 1. The molecule has 0 radical (unpaired) electrons. The minimum atomic E-state index is 0.660. The van der Waals surface area contributed by atoms with Crippen molar-refractivity contribution in [1.29, 1.82) is 0 Å². The molecule has 1 aromatic rings. The minimum absolute atomic E-state index is 0.660. The van der Waals surface area contributed by atoms with Gasteiger partial charge in [-0.2, -0.15) is 0 Å². The predicted molar refractivity (Wildman–Crippen MR) is 47.0 cm³/mol. The smallest absolute Gasteiger partial charge is 0.150 e. The molecule has 2 N–H and O–H groups in total. The molecule has 0 spiro atoms. The maximum atomic E-state index is 10.4. The second kappa shape index (κ2) is 4.62. The van der Waals surface area contributed by atoms with E-state index in [0.717, 1.165) is 24.8 Å². The average Bonchev–Trinajstić information content (AvgIpc) is 2.15. The van der Waals surface area contributed by atoms with E-state index in [0.29, 0.717) is 12.1 Å². The molecule has 0 saturated carbocycles. The van der Waals surface area contributed by atoms with Gasteiger partial charge in [0.1, 0.15) is 6.29 Å². The van der Waals surface area contributed by atoms with E-state index >= 15 is 0 Å². The van der Waals surface area contributed by atoms with Crippen LogP contribution >= 0.6 is 0 Å². The van der Waals surface area contributed by atoms with Crippen LogP contribution in [-0.4, -0.2) is 17.8 Å². The Bertz CT molecular complexity index is 260. The summed E-state index contributed by atoms with van der Waals surface area (Å²) in [5.74, 6) is 0. The summed E-state index contributed by atoms with van der Waals surface area (Å²) in [4.78, 5) is 14.5. The number of rotatable bonds is 4. The number of carbonyl (C=O) groups excluding carboxylic acids is 1. The summed E-state index contributed by atoms with van der Waals surface area (Å²) >= 11 is 0. The average molecular weight is 164 g/mol. The van der Waals surface area contributed by atoms with E-state index in [4.69, 9.17) is 5.73 Å². The van der Waals surface area contributed by atoms with Gasteiger partial charge in [-0.1, -0.05) is 0 Å². The summed E-state index contributed by atoms with van der Waals surface area (Å²) < 4.78 is 0. The third kappa shape index (κ3) is 2.43. The van der Waals surface area contributed by atoms with Gasteiger partial charge in [0, 0.05) is 17.5 Å². The molecule has 0 fully saturated rings. The molecule has 3 nitrogen and oxygen atoms in total. The number of nitrogens with zero attached hydrogens (tertiary/aromatic N) is 1. The van der Waals surface area contributed by atoms with E-state index in [9.17, 15) is 4.79 Å². The van der Waals surface area contributed by atoms with Crippen LogP contribution in [0.4, 0.5) is 0 Å². The number of pyridine rings is 1. The molecule has 0 aliphatic carbocycles. The van der Waals surface area contributed by atoms with Crippen LogP contribution in [0.25, 0.3) is 0 Å². The molecule has 3 heteroatoms. The molecule has 1 rings (SSSR count). The van der Waals surface area contributed by atoms with Crippen molar-refractivity contribution in [3.8, 4) is 0 Å². The summed E-state index contributed by atoms with van der Waals surface area (Å²) in [6.07, 6.45) is 4.23. The van der Waals surface area contributed by atoms with Crippen molar-refractivity contribution in [1.82, 2.24) is 4.98 Å². The summed E-state index contributed by atoms with van der Waals surface area (Å²) in [7, 11) is 0. The van der Waals surface area contributed by atoms with Crippen molar-refractivity contribution in [2.45, 2.75) is 12.8 Å². The molecule has 0 amide bonds. The van der Waals surface area contributed by atoms with Gasteiger partial charge in [0.05, 0.1) is 0 Å². The number of aryl methyl sites for hydroxylation is 1. The van der Waals surface area contributed by atoms with Gasteiger partial charge in [-0.05, 0) is 31.5 Å². The number of hydrogen-bond acceptors (Lipinski definition) is 3. The van der Waals surface area contributed by atoms with E-state index < -0.39 is 0 Å². The zero-order valence-corrected chi connectivity index (χ0v) is 6.86. The minimum Gasteiger partial charge on any atom is -0.330 e. The normalized spacial score (nSPS) is 9.75. The van der Waals surface area contributed by atoms with Crippen molar-refractivity contribution >= 4 is 6.29 Å². The molecule has 0 aromatic carbocycles. The number of aldehydes is 1. The maximum absolute atomic E-state index is 10.4. The summed E-state index contributed by atoms with van der Waals surface area (Å²) in [6.45, 7) is 0.660. The predicted octanol–water partition coefficient (Wildman–Crippen LogP) is 0.785. The highest BCUT2D eigenvalue weighted by molar-refractivity contribution is 5.74. The van der Waals surface area contributed by atoms with Crippen LogP contribution in [0.5, 0.6) is 0 Å². The first-order valence-corrected chi connectivity index (χ1v) is 3.97. The molecule has 0 atom stereocenters. The highest BCUT2D eigenvalue weighted by Crippen LogP contribution is 2.01.